The molecule has 0 aromatic heterocycles. The molecule has 0 radical (unpaired) electrons. The Hall–Kier alpha value is -3.48. The number of carboxylic acid groups (broad SMARTS) is 1. The van der Waals surface area contributed by atoms with E-state index >= 15 is 0 Å². The molecule has 0 bridgehead atoms. The van der Waals surface area contributed by atoms with Gasteiger partial charge in [-0.3, -0.25) is 20.9 Å². The summed E-state index contributed by atoms with van der Waals surface area (Å²) in [6, 6.07) is 3.60. The predicted molar refractivity (Wildman–Crippen MR) is 73.4 cm³/mol. The summed E-state index contributed by atoms with van der Waals surface area (Å²) in [5.74, 6) is -1.94. The van der Waals surface area contributed by atoms with Gasteiger partial charge in [0, 0.05) is 6.07 Å². The molecule has 5 N–H and O–H groups in total. The zero-order valence-electron chi connectivity index (χ0n) is 10.7. The van der Waals surface area contributed by atoms with Crippen LogP contribution in [-0.2, 0) is 0 Å². The zero-order chi connectivity index (χ0) is 16.2. The summed E-state index contributed by atoms with van der Waals surface area (Å²) in [6.45, 7) is 1.39. The SMILES string of the molecule is Cc1c(N/N=C(\C#N)C(=N)N)cc(C(=O)O)cc1[N+](=O)[O-]. The number of hydrogen-bond donors (Lipinski definition) is 4. The van der Waals surface area contributed by atoms with E-state index in [-0.39, 0.29) is 16.8 Å². The molecule has 10 heteroatoms. The summed E-state index contributed by atoms with van der Waals surface area (Å²) in [4.78, 5) is 21.1. The topological polar surface area (TPSA) is 178 Å². The summed E-state index contributed by atoms with van der Waals surface area (Å²) in [6.07, 6.45) is 0. The van der Waals surface area contributed by atoms with Crippen LogP contribution in [0.2, 0.25) is 0 Å². The number of hydrazone groups is 1. The number of nitrogens with one attached hydrogen (secondary N) is 2. The van der Waals surface area contributed by atoms with Crippen LogP contribution in [0.4, 0.5) is 11.4 Å². The number of amidine groups is 1. The fourth-order valence-corrected chi connectivity index (χ4v) is 1.39. The van der Waals surface area contributed by atoms with Crippen molar-refractivity contribution in [1.82, 2.24) is 0 Å². The van der Waals surface area contributed by atoms with Crippen molar-refractivity contribution in [2.45, 2.75) is 6.92 Å². The van der Waals surface area contributed by atoms with Crippen LogP contribution < -0.4 is 11.2 Å². The van der Waals surface area contributed by atoms with E-state index in [1.807, 2.05) is 0 Å². The highest BCUT2D eigenvalue weighted by molar-refractivity contribution is 6.45. The van der Waals surface area contributed by atoms with E-state index in [0.717, 1.165) is 12.1 Å². The first-order valence-corrected chi connectivity index (χ1v) is 5.38. The van der Waals surface area contributed by atoms with Crippen molar-refractivity contribution in [2.24, 2.45) is 10.8 Å². The van der Waals surface area contributed by atoms with Gasteiger partial charge in [-0.15, -0.1) is 0 Å². The van der Waals surface area contributed by atoms with E-state index in [9.17, 15) is 14.9 Å². The van der Waals surface area contributed by atoms with Crippen molar-refractivity contribution in [3.63, 3.8) is 0 Å². The highest BCUT2D eigenvalue weighted by Crippen LogP contribution is 2.27. The molecule has 0 saturated heterocycles. The number of carboxylic acids is 1. The van der Waals surface area contributed by atoms with Gasteiger partial charge in [0.1, 0.15) is 6.07 Å². The monoisotopic (exact) mass is 290 g/mol. The Kier molecular flexibility index (Phi) is 4.53. The van der Waals surface area contributed by atoms with Crippen LogP contribution in [-0.4, -0.2) is 27.5 Å². The van der Waals surface area contributed by atoms with E-state index in [1.165, 1.54) is 6.92 Å². The second kappa shape index (κ2) is 6.11. The number of benzene rings is 1. The molecule has 0 aliphatic heterocycles. The maximum Gasteiger partial charge on any atom is 0.336 e. The van der Waals surface area contributed by atoms with Gasteiger partial charge in [-0.25, -0.2) is 4.79 Å². The van der Waals surface area contributed by atoms with Gasteiger partial charge in [0.15, 0.2) is 5.84 Å². The van der Waals surface area contributed by atoms with Crippen molar-refractivity contribution >= 4 is 28.9 Å². The van der Waals surface area contributed by atoms with E-state index < -0.39 is 28.1 Å². The molecule has 0 saturated carbocycles. The maximum atomic E-state index is 10.9. The van der Waals surface area contributed by atoms with Crippen LogP contribution in [0.5, 0.6) is 0 Å². The Balaban J connectivity index is 3.36. The molecule has 0 aliphatic rings. The lowest BCUT2D eigenvalue weighted by Crippen LogP contribution is -2.22. The molecule has 0 spiro atoms. The summed E-state index contributed by atoms with van der Waals surface area (Å²) in [5, 5.41) is 39.1. The Labute approximate surface area is 118 Å². The second-order valence-electron chi connectivity index (χ2n) is 3.83. The van der Waals surface area contributed by atoms with Crippen molar-refractivity contribution in [3.8, 4) is 6.07 Å². The van der Waals surface area contributed by atoms with Gasteiger partial charge in [-0.1, -0.05) is 0 Å². The minimum atomic E-state index is -1.35. The van der Waals surface area contributed by atoms with E-state index in [2.05, 4.69) is 10.5 Å². The lowest BCUT2D eigenvalue weighted by atomic mass is 10.1. The third kappa shape index (κ3) is 3.51. The van der Waals surface area contributed by atoms with Gasteiger partial charge >= 0.3 is 5.97 Å². The fraction of sp³-hybridized carbons (Fsp3) is 0.0909. The number of anilines is 1. The molecule has 108 valence electrons. The number of rotatable bonds is 5. The molecule has 1 aromatic carbocycles. The molecule has 21 heavy (non-hydrogen) atoms. The molecule has 0 unspecified atom stereocenters. The standard InChI is InChI=1S/C11H10N6O4/c1-5-7(15-16-8(4-12)10(13)14)2-6(11(18)19)3-9(5)17(20)21/h2-3,15H,1H3,(H3,13,14)(H,18,19)/b16-8+. The Morgan fingerprint density at radius 3 is 2.67 bits per heavy atom. The molecule has 1 rings (SSSR count). The third-order valence-corrected chi connectivity index (χ3v) is 2.47. The van der Waals surface area contributed by atoms with Gasteiger partial charge in [0.05, 0.1) is 21.7 Å². The maximum absolute atomic E-state index is 10.9. The molecular formula is C11H10N6O4. The highest BCUT2D eigenvalue weighted by Gasteiger charge is 2.19. The summed E-state index contributed by atoms with van der Waals surface area (Å²) in [5.41, 5.74) is 6.41. The zero-order valence-corrected chi connectivity index (χ0v) is 10.7. The van der Waals surface area contributed by atoms with Gasteiger partial charge < -0.3 is 10.8 Å². The lowest BCUT2D eigenvalue weighted by molar-refractivity contribution is -0.385. The summed E-state index contributed by atoms with van der Waals surface area (Å²) >= 11 is 0. The number of nitriles is 1. The van der Waals surface area contributed by atoms with E-state index in [0.29, 0.717) is 0 Å². The fourth-order valence-electron chi connectivity index (χ4n) is 1.39. The number of nitro groups is 1. The van der Waals surface area contributed by atoms with Gasteiger partial charge in [0.25, 0.3) is 5.69 Å². The van der Waals surface area contributed by atoms with Gasteiger partial charge in [0.2, 0.25) is 5.71 Å². The quantitative estimate of drug-likeness (QED) is 0.268. The number of nitro benzene ring substituents is 1. The first-order valence-electron chi connectivity index (χ1n) is 5.38. The smallest absolute Gasteiger partial charge is 0.336 e. The van der Waals surface area contributed by atoms with Crippen LogP contribution >= 0.6 is 0 Å². The van der Waals surface area contributed by atoms with E-state index in [4.69, 9.17) is 21.5 Å². The molecule has 0 atom stereocenters. The van der Waals surface area contributed by atoms with Crippen molar-refractivity contribution in [1.29, 1.82) is 10.7 Å². The minimum absolute atomic E-state index is 0.0237. The summed E-state index contributed by atoms with van der Waals surface area (Å²) in [7, 11) is 0. The third-order valence-electron chi connectivity index (χ3n) is 2.47. The Morgan fingerprint density at radius 2 is 2.24 bits per heavy atom. The van der Waals surface area contributed by atoms with Crippen molar-refractivity contribution in [2.75, 3.05) is 5.43 Å². The molecule has 10 nitrogen and oxygen atoms in total. The number of nitrogens with zero attached hydrogens (tertiary/aromatic N) is 3. The predicted octanol–water partition coefficient (Wildman–Crippen LogP) is 0.829. The molecule has 0 amide bonds. The number of carbonyl (C=O) groups is 1. The van der Waals surface area contributed by atoms with Gasteiger partial charge in [-0.2, -0.15) is 10.4 Å². The van der Waals surface area contributed by atoms with Crippen LogP contribution in [0.1, 0.15) is 15.9 Å². The number of nitrogens with two attached hydrogens (primary N) is 1. The normalized spacial score (nSPS) is 10.6. The molecule has 0 fully saturated rings. The molecule has 1 aromatic rings. The van der Waals surface area contributed by atoms with Crippen LogP contribution in [0.25, 0.3) is 0 Å². The molecular weight excluding hydrogens is 280 g/mol. The number of aromatic carboxylic acids is 1. The lowest BCUT2D eigenvalue weighted by Gasteiger charge is -2.07. The largest absolute Gasteiger partial charge is 0.478 e. The first kappa shape index (κ1) is 15.6. The average Bonchev–Trinajstić information content (AvgIpc) is 2.39. The minimum Gasteiger partial charge on any atom is -0.478 e. The Morgan fingerprint density at radius 1 is 1.62 bits per heavy atom. The van der Waals surface area contributed by atoms with Crippen molar-refractivity contribution < 1.29 is 14.8 Å². The average molecular weight is 290 g/mol. The molecule has 0 heterocycles. The summed E-state index contributed by atoms with van der Waals surface area (Å²) < 4.78 is 0. The first-order chi connectivity index (χ1) is 9.77. The highest BCUT2D eigenvalue weighted by atomic mass is 16.6. The van der Waals surface area contributed by atoms with Crippen LogP contribution in [0.3, 0.4) is 0 Å². The van der Waals surface area contributed by atoms with Crippen LogP contribution in [0, 0.1) is 33.8 Å². The van der Waals surface area contributed by atoms with E-state index in [1.54, 1.807) is 6.07 Å². The second-order valence-corrected chi connectivity index (χ2v) is 3.83. The molecule has 0 aliphatic carbocycles. The Bertz CT molecular complexity index is 703. The van der Waals surface area contributed by atoms with Gasteiger partial charge in [-0.05, 0) is 13.0 Å². The van der Waals surface area contributed by atoms with Crippen molar-refractivity contribution in [3.05, 3.63) is 33.4 Å². The van der Waals surface area contributed by atoms with Crippen LogP contribution in [0.15, 0.2) is 17.2 Å². The number of hydrogen-bond acceptors (Lipinski definition) is 7.